The van der Waals surface area contributed by atoms with Crippen LogP contribution in [0.15, 0.2) is 47.5 Å². The van der Waals surface area contributed by atoms with Gasteiger partial charge in [-0.2, -0.15) is 0 Å². The van der Waals surface area contributed by atoms with Crippen LogP contribution in [-0.2, 0) is 16.9 Å². The Labute approximate surface area is 212 Å². The first kappa shape index (κ1) is 23.0. The van der Waals surface area contributed by atoms with Gasteiger partial charge in [0.15, 0.2) is 11.1 Å². The van der Waals surface area contributed by atoms with Crippen molar-refractivity contribution in [2.75, 3.05) is 39.8 Å². The van der Waals surface area contributed by atoms with E-state index < -0.39 is 17.5 Å². The third kappa shape index (κ3) is 3.78. The molecule has 2 fully saturated rings. The second-order valence-electron chi connectivity index (χ2n) is 9.40. The Balaban J connectivity index is 1.33. The Hall–Kier alpha value is -4.38. The molecule has 190 valence electrons. The van der Waals surface area contributed by atoms with E-state index in [1.807, 2.05) is 12.1 Å². The van der Waals surface area contributed by atoms with Crippen LogP contribution >= 0.6 is 0 Å². The lowest BCUT2D eigenvalue weighted by molar-refractivity contribution is -0.125. The molecule has 4 amide bonds. The minimum atomic E-state index is -1.60. The first-order valence-corrected chi connectivity index (χ1v) is 12.0. The number of fused-ring (bicyclic) bond motifs is 2. The summed E-state index contributed by atoms with van der Waals surface area (Å²) in [5.41, 5.74) is 2.35. The smallest absolute Gasteiger partial charge is 0.322 e. The number of rotatable bonds is 6. The summed E-state index contributed by atoms with van der Waals surface area (Å²) < 4.78 is 11.4. The van der Waals surface area contributed by atoms with Crippen LogP contribution in [0.4, 0.5) is 4.79 Å². The fourth-order valence-electron chi connectivity index (χ4n) is 5.14. The normalized spacial score (nSPS) is 21.3. The van der Waals surface area contributed by atoms with Crippen LogP contribution in [-0.4, -0.2) is 72.5 Å². The molecular formula is C26H26N6O5. The number of hydrogen-bond donors (Lipinski definition) is 3. The van der Waals surface area contributed by atoms with Gasteiger partial charge in [-0.1, -0.05) is 12.6 Å². The highest BCUT2D eigenvalue weighted by Crippen LogP contribution is 2.35. The Morgan fingerprint density at radius 2 is 2.00 bits per heavy atom. The van der Waals surface area contributed by atoms with Gasteiger partial charge < -0.3 is 29.6 Å². The molecule has 3 aliphatic heterocycles. The summed E-state index contributed by atoms with van der Waals surface area (Å²) in [6.45, 7) is 7.84. The lowest BCUT2D eigenvalue weighted by Crippen LogP contribution is -2.52. The summed E-state index contributed by atoms with van der Waals surface area (Å²) in [5.74, 6) is -0.0869. The highest BCUT2D eigenvalue weighted by Gasteiger charge is 2.53. The van der Waals surface area contributed by atoms with Crippen molar-refractivity contribution in [2.24, 2.45) is 0 Å². The number of carbonyl (C=O) groups is 3. The summed E-state index contributed by atoms with van der Waals surface area (Å²) in [7, 11) is 1.53. The lowest BCUT2D eigenvalue weighted by atomic mass is 9.95. The van der Waals surface area contributed by atoms with Gasteiger partial charge in [0.1, 0.15) is 17.0 Å². The number of piperazine rings is 1. The SMILES string of the molecule is C=C(c1cnc2cc(C3(CN4Cc5ccc(OC)cc5C4=O)NC(=O)NC3=O)oc2c1)N1CCNCC1. The zero-order valence-corrected chi connectivity index (χ0v) is 20.3. The molecule has 1 unspecified atom stereocenters. The molecule has 5 heterocycles. The quantitative estimate of drug-likeness (QED) is 0.432. The van der Waals surface area contributed by atoms with Gasteiger partial charge in [-0.15, -0.1) is 0 Å². The highest BCUT2D eigenvalue weighted by atomic mass is 16.5. The molecule has 2 saturated heterocycles. The standard InChI is InChI=1S/C26H26N6O5/c1-15(31-7-5-27-6-8-31)17-9-21-20(28-12-17)11-22(37-21)26(24(34)29-25(35)30-26)14-32-13-16-3-4-18(36-2)10-19(16)23(32)33/h3-4,9-12,27H,1,5-8,13-14H2,2H3,(H2,29,30,34,35). The molecule has 3 N–H and O–H groups in total. The molecule has 3 aliphatic rings. The number of methoxy groups -OCH3 is 1. The van der Waals surface area contributed by atoms with Crippen LogP contribution in [0.5, 0.6) is 5.75 Å². The topological polar surface area (TPSA) is 129 Å². The molecule has 1 atom stereocenters. The molecule has 0 aliphatic carbocycles. The van der Waals surface area contributed by atoms with Gasteiger partial charge in [0.05, 0.1) is 13.7 Å². The molecular weight excluding hydrogens is 476 g/mol. The number of ether oxygens (including phenoxy) is 1. The lowest BCUT2D eigenvalue weighted by Gasteiger charge is -2.30. The first-order valence-electron chi connectivity index (χ1n) is 12.0. The van der Waals surface area contributed by atoms with E-state index in [-0.39, 0.29) is 24.8 Å². The fourth-order valence-corrected chi connectivity index (χ4v) is 5.14. The van der Waals surface area contributed by atoms with E-state index in [9.17, 15) is 14.4 Å². The maximum Gasteiger partial charge on any atom is 0.322 e. The number of nitrogens with zero attached hydrogens (tertiary/aromatic N) is 3. The Bertz CT molecular complexity index is 1460. The zero-order chi connectivity index (χ0) is 25.7. The van der Waals surface area contributed by atoms with E-state index in [1.54, 1.807) is 24.4 Å². The number of amides is 4. The van der Waals surface area contributed by atoms with Crippen LogP contribution in [0.3, 0.4) is 0 Å². The summed E-state index contributed by atoms with van der Waals surface area (Å²) in [5, 5.41) is 8.32. The Morgan fingerprint density at radius 3 is 2.73 bits per heavy atom. The number of imide groups is 1. The zero-order valence-electron chi connectivity index (χ0n) is 20.3. The van der Waals surface area contributed by atoms with Crippen LogP contribution < -0.4 is 20.7 Å². The van der Waals surface area contributed by atoms with Gasteiger partial charge >= 0.3 is 6.03 Å². The molecule has 0 bridgehead atoms. The first-order chi connectivity index (χ1) is 17.9. The van der Waals surface area contributed by atoms with Gasteiger partial charge in [-0.05, 0) is 23.8 Å². The van der Waals surface area contributed by atoms with Crippen molar-refractivity contribution in [2.45, 2.75) is 12.1 Å². The van der Waals surface area contributed by atoms with Gasteiger partial charge in [0.25, 0.3) is 11.8 Å². The van der Waals surface area contributed by atoms with Crippen molar-refractivity contribution in [1.82, 2.24) is 30.7 Å². The molecule has 11 heteroatoms. The highest BCUT2D eigenvalue weighted by molar-refractivity contribution is 6.08. The number of pyridine rings is 1. The Kier molecular flexibility index (Phi) is 5.37. The van der Waals surface area contributed by atoms with Crippen molar-refractivity contribution in [3.8, 4) is 5.75 Å². The molecule has 3 aromatic rings. The van der Waals surface area contributed by atoms with E-state index >= 15 is 0 Å². The average Bonchev–Trinajstić information content (AvgIpc) is 3.57. The van der Waals surface area contributed by atoms with E-state index in [2.05, 4.69) is 32.4 Å². The maximum atomic E-state index is 13.2. The van der Waals surface area contributed by atoms with Gasteiger partial charge in [-0.25, -0.2) is 4.79 Å². The van der Waals surface area contributed by atoms with Crippen molar-refractivity contribution in [1.29, 1.82) is 0 Å². The molecule has 1 aromatic carbocycles. The minimum Gasteiger partial charge on any atom is -0.497 e. The summed E-state index contributed by atoms with van der Waals surface area (Å²) in [6, 6.07) is 8.10. The predicted molar refractivity (Wildman–Crippen MR) is 134 cm³/mol. The van der Waals surface area contributed by atoms with Gasteiger partial charge in [-0.3, -0.25) is 19.9 Å². The average molecular weight is 503 g/mol. The van der Waals surface area contributed by atoms with E-state index in [0.29, 0.717) is 22.4 Å². The molecule has 37 heavy (non-hydrogen) atoms. The number of urea groups is 1. The molecule has 0 saturated carbocycles. The van der Waals surface area contributed by atoms with Gasteiger partial charge in [0.2, 0.25) is 0 Å². The third-order valence-electron chi connectivity index (χ3n) is 7.19. The van der Waals surface area contributed by atoms with Crippen LogP contribution in [0, 0.1) is 0 Å². The number of hydrogen-bond acceptors (Lipinski definition) is 8. The van der Waals surface area contributed by atoms with E-state index in [0.717, 1.165) is 43.0 Å². The van der Waals surface area contributed by atoms with Crippen LogP contribution in [0.1, 0.15) is 27.2 Å². The van der Waals surface area contributed by atoms with Crippen molar-refractivity contribution >= 4 is 34.6 Å². The van der Waals surface area contributed by atoms with Crippen molar-refractivity contribution in [3.63, 3.8) is 0 Å². The van der Waals surface area contributed by atoms with E-state index in [4.69, 9.17) is 9.15 Å². The van der Waals surface area contributed by atoms with Crippen molar-refractivity contribution < 1.29 is 23.5 Å². The number of furan rings is 1. The number of nitrogens with one attached hydrogen (secondary N) is 3. The third-order valence-corrected chi connectivity index (χ3v) is 7.19. The monoisotopic (exact) mass is 502 g/mol. The molecule has 0 spiro atoms. The summed E-state index contributed by atoms with van der Waals surface area (Å²) in [4.78, 5) is 46.9. The number of benzene rings is 1. The maximum absolute atomic E-state index is 13.2. The predicted octanol–water partition coefficient (Wildman–Crippen LogP) is 1.40. The van der Waals surface area contributed by atoms with Crippen LogP contribution in [0.25, 0.3) is 16.8 Å². The largest absolute Gasteiger partial charge is 0.497 e. The molecule has 0 radical (unpaired) electrons. The van der Waals surface area contributed by atoms with Gasteiger partial charge in [0, 0.05) is 61.8 Å². The van der Waals surface area contributed by atoms with Crippen LogP contribution in [0.2, 0.25) is 0 Å². The number of aromatic nitrogens is 1. The molecule has 6 rings (SSSR count). The second kappa shape index (κ2) is 8.63. The summed E-state index contributed by atoms with van der Waals surface area (Å²) in [6.07, 6.45) is 1.72. The molecule has 2 aromatic heterocycles. The van der Waals surface area contributed by atoms with E-state index in [1.165, 1.54) is 12.0 Å². The second-order valence-corrected chi connectivity index (χ2v) is 9.40. The minimum absolute atomic E-state index is 0.111. The fraction of sp³-hybridized carbons (Fsp3) is 0.308. The van der Waals surface area contributed by atoms with Crippen molar-refractivity contribution in [3.05, 3.63) is 65.6 Å². The molecule has 11 nitrogen and oxygen atoms in total. The Morgan fingerprint density at radius 1 is 1.19 bits per heavy atom. The number of carbonyl (C=O) groups excluding carboxylic acids is 3. The summed E-state index contributed by atoms with van der Waals surface area (Å²) >= 11 is 0.